The van der Waals surface area contributed by atoms with Gasteiger partial charge in [0.05, 0.1) is 17.8 Å². The molecule has 0 bridgehead atoms. The van der Waals surface area contributed by atoms with Crippen LogP contribution in [0.2, 0.25) is 0 Å². The number of rotatable bonds is 7. The number of anilines is 3. The predicted octanol–water partition coefficient (Wildman–Crippen LogP) is 3.31. The second-order valence-electron chi connectivity index (χ2n) is 6.26. The molecular formula is C19H21N7O. The van der Waals surface area contributed by atoms with Gasteiger partial charge in [-0.1, -0.05) is 0 Å². The van der Waals surface area contributed by atoms with Crippen molar-refractivity contribution in [2.75, 3.05) is 17.2 Å². The van der Waals surface area contributed by atoms with Gasteiger partial charge in [-0.25, -0.2) is 4.98 Å². The Kier molecular flexibility index (Phi) is 5.52. The van der Waals surface area contributed by atoms with Crippen molar-refractivity contribution in [1.29, 1.82) is 5.26 Å². The molecule has 8 heteroatoms. The van der Waals surface area contributed by atoms with Crippen molar-refractivity contribution < 1.29 is 4.74 Å². The Morgan fingerprint density at radius 3 is 2.74 bits per heavy atom. The molecule has 3 aromatic rings. The van der Waals surface area contributed by atoms with Gasteiger partial charge >= 0.3 is 0 Å². The van der Waals surface area contributed by atoms with Crippen molar-refractivity contribution in [3.8, 4) is 11.8 Å². The van der Waals surface area contributed by atoms with Crippen LogP contribution in [0.4, 0.5) is 17.5 Å². The van der Waals surface area contributed by atoms with Crippen LogP contribution in [0.25, 0.3) is 0 Å². The zero-order valence-corrected chi connectivity index (χ0v) is 15.4. The van der Waals surface area contributed by atoms with Gasteiger partial charge in [0.15, 0.2) is 5.82 Å². The monoisotopic (exact) mass is 363 g/mol. The van der Waals surface area contributed by atoms with Crippen molar-refractivity contribution in [3.63, 3.8) is 0 Å². The molecule has 0 radical (unpaired) electrons. The van der Waals surface area contributed by atoms with Gasteiger partial charge in [-0.3, -0.25) is 10.1 Å². The fraction of sp³-hybridized carbons (Fsp3) is 0.263. The third-order valence-electron chi connectivity index (χ3n) is 3.75. The highest BCUT2D eigenvalue weighted by atomic mass is 16.5. The molecule has 3 heterocycles. The van der Waals surface area contributed by atoms with E-state index in [0.29, 0.717) is 35.4 Å². The van der Waals surface area contributed by atoms with Crippen LogP contribution in [-0.2, 0) is 0 Å². The first-order valence-corrected chi connectivity index (χ1v) is 8.55. The first-order valence-electron chi connectivity index (χ1n) is 8.55. The molecule has 0 saturated heterocycles. The predicted molar refractivity (Wildman–Crippen MR) is 103 cm³/mol. The third kappa shape index (κ3) is 4.95. The SMILES string of the molecule is Cc1ccc(OC[C@H](C)Nc2nc(Nc3cc(C)[nH]n3)ccc2C#N)cn1. The van der Waals surface area contributed by atoms with E-state index in [2.05, 4.69) is 36.9 Å². The Hall–Kier alpha value is -3.60. The van der Waals surface area contributed by atoms with E-state index in [0.717, 1.165) is 11.4 Å². The molecule has 3 rings (SSSR count). The average Bonchev–Trinajstić information content (AvgIpc) is 3.06. The van der Waals surface area contributed by atoms with Gasteiger partial charge in [-0.15, -0.1) is 0 Å². The van der Waals surface area contributed by atoms with Crippen LogP contribution in [0.15, 0.2) is 36.5 Å². The Balaban J connectivity index is 1.65. The summed E-state index contributed by atoms with van der Waals surface area (Å²) in [6, 6.07) is 11.2. The van der Waals surface area contributed by atoms with Crippen molar-refractivity contribution in [3.05, 3.63) is 53.5 Å². The standard InChI is InChI=1S/C19H21N7O/c1-12-4-6-16(10-21-12)27-11-14(3)22-19-15(9-20)5-7-17(24-19)23-18-8-13(2)25-26-18/h4-8,10,14H,11H2,1-3H3,(H3,22,23,24,25,26)/t14-/m0/s1. The van der Waals surface area contributed by atoms with E-state index >= 15 is 0 Å². The zero-order valence-electron chi connectivity index (χ0n) is 15.4. The van der Waals surface area contributed by atoms with Crippen LogP contribution >= 0.6 is 0 Å². The summed E-state index contributed by atoms with van der Waals surface area (Å²) in [5.74, 6) is 2.46. The fourth-order valence-corrected chi connectivity index (χ4v) is 2.38. The van der Waals surface area contributed by atoms with E-state index in [9.17, 15) is 5.26 Å². The Labute approximate surface area is 157 Å². The molecule has 0 aliphatic rings. The number of H-pyrrole nitrogens is 1. The Morgan fingerprint density at radius 1 is 1.22 bits per heavy atom. The summed E-state index contributed by atoms with van der Waals surface area (Å²) in [5, 5.41) is 22.7. The van der Waals surface area contributed by atoms with Gasteiger partial charge in [0.1, 0.15) is 30.1 Å². The van der Waals surface area contributed by atoms with E-state index in [1.54, 1.807) is 18.3 Å². The van der Waals surface area contributed by atoms with E-state index in [4.69, 9.17) is 4.74 Å². The normalized spacial score (nSPS) is 11.5. The minimum Gasteiger partial charge on any atom is -0.490 e. The Morgan fingerprint density at radius 2 is 2.07 bits per heavy atom. The number of nitrogens with one attached hydrogen (secondary N) is 3. The summed E-state index contributed by atoms with van der Waals surface area (Å²) in [7, 11) is 0. The van der Waals surface area contributed by atoms with E-state index in [-0.39, 0.29) is 6.04 Å². The van der Waals surface area contributed by atoms with Gasteiger partial charge in [0.2, 0.25) is 0 Å². The second-order valence-corrected chi connectivity index (χ2v) is 6.26. The molecule has 8 nitrogen and oxygen atoms in total. The lowest BCUT2D eigenvalue weighted by atomic mass is 10.2. The van der Waals surface area contributed by atoms with Gasteiger partial charge in [0.25, 0.3) is 0 Å². The second kappa shape index (κ2) is 8.19. The molecule has 0 aromatic carbocycles. The molecule has 0 amide bonds. The molecule has 3 N–H and O–H groups in total. The molecule has 0 spiro atoms. The fourth-order valence-electron chi connectivity index (χ4n) is 2.38. The number of hydrogen-bond acceptors (Lipinski definition) is 7. The zero-order chi connectivity index (χ0) is 19.2. The number of nitriles is 1. The van der Waals surface area contributed by atoms with Crippen LogP contribution in [0.5, 0.6) is 5.75 Å². The summed E-state index contributed by atoms with van der Waals surface area (Å²) in [6.45, 7) is 6.21. The topological polar surface area (TPSA) is 112 Å². The number of aryl methyl sites for hydroxylation is 2. The highest BCUT2D eigenvalue weighted by molar-refractivity contribution is 5.60. The number of hydrogen-bond donors (Lipinski definition) is 3. The first-order chi connectivity index (χ1) is 13.0. The number of pyridine rings is 2. The van der Waals surface area contributed by atoms with Gasteiger partial charge in [-0.05, 0) is 45.0 Å². The van der Waals surface area contributed by atoms with Crippen LogP contribution in [0, 0.1) is 25.2 Å². The summed E-state index contributed by atoms with van der Waals surface area (Å²) in [5.41, 5.74) is 2.34. The molecule has 0 fully saturated rings. The van der Waals surface area contributed by atoms with E-state index in [1.165, 1.54) is 0 Å². The van der Waals surface area contributed by atoms with E-state index < -0.39 is 0 Å². The Bertz CT molecular complexity index is 943. The number of nitrogens with zero attached hydrogens (tertiary/aromatic N) is 4. The summed E-state index contributed by atoms with van der Waals surface area (Å²) < 4.78 is 5.73. The maximum atomic E-state index is 9.34. The highest BCUT2D eigenvalue weighted by Crippen LogP contribution is 2.20. The molecule has 0 saturated carbocycles. The van der Waals surface area contributed by atoms with Crippen LogP contribution in [0.1, 0.15) is 23.9 Å². The number of ether oxygens (including phenoxy) is 1. The molecule has 138 valence electrons. The van der Waals surface area contributed by atoms with Crippen molar-refractivity contribution in [1.82, 2.24) is 20.2 Å². The largest absolute Gasteiger partial charge is 0.490 e. The minimum absolute atomic E-state index is 0.0613. The number of aromatic nitrogens is 4. The highest BCUT2D eigenvalue weighted by Gasteiger charge is 2.11. The van der Waals surface area contributed by atoms with Crippen LogP contribution < -0.4 is 15.4 Å². The van der Waals surface area contributed by atoms with Gasteiger partial charge < -0.3 is 15.4 Å². The summed E-state index contributed by atoms with van der Waals surface area (Å²) in [6.07, 6.45) is 1.69. The molecular weight excluding hydrogens is 342 g/mol. The molecule has 1 atom stereocenters. The number of aromatic amines is 1. The minimum atomic E-state index is -0.0613. The summed E-state index contributed by atoms with van der Waals surface area (Å²) in [4.78, 5) is 8.69. The maximum absolute atomic E-state index is 9.34. The lowest BCUT2D eigenvalue weighted by Gasteiger charge is -2.17. The van der Waals surface area contributed by atoms with Crippen LogP contribution in [-0.4, -0.2) is 32.8 Å². The quantitative estimate of drug-likeness (QED) is 0.590. The lowest BCUT2D eigenvalue weighted by Crippen LogP contribution is -2.24. The van der Waals surface area contributed by atoms with Gasteiger partial charge in [-0.2, -0.15) is 10.4 Å². The molecule has 0 aliphatic heterocycles. The first kappa shape index (κ1) is 18.2. The van der Waals surface area contributed by atoms with E-state index in [1.807, 2.05) is 39.0 Å². The summed E-state index contributed by atoms with van der Waals surface area (Å²) >= 11 is 0. The molecule has 0 aliphatic carbocycles. The molecule has 3 aromatic heterocycles. The van der Waals surface area contributed by atoms with Crippen molar-refractivity contribution in [2.24, 2.45) is 0 Å². The van der Waals surface area contributed by atoms with Crippen molar-refractivity contribution in [2.45, 2.75) is 26.8 Å². The molecule has 0 unspecified atom stereocenters. The smallest absolute Gasteiger partial charge is 0.153 e. The van der Waals surface area contributed by atoms with Gasteiger partial charge in [0, 0.05) is 17.5 Å². The molecule has 27 heavy (non-hydrogen) atoms. The lowest BCUT2D eigenvalue weighted by molar-refractivity contribution is 0.302. The average molecular weight is 363 g/mol. The van der Waals surface area contributed by atoms with Crippen molar-refractivity contribution >= 4 is 17.5 Å². The van der Waals surface area contributed by atoms with Crippen LogP contribution in [0.3, 0.4) is 0 Å². The maximum Gasteiger partial charge on any atom is 0.153 e. The third-order valence-corrected chi connectivity index (χ3v) is 3.75.